The number of hydrogen-bond acceptors (Lipinski definition) is 3. The first-order valence-electron chi connectivity index (χ1n) is 7.95. The highest BCUT2D eigenvalue weighted by Gasteiger charge is 2.40. The van der Waals surface area contributed by atoms with E-state index in [2.05, 4.69) is 19.2 Å². The SMILES string of the molecule is CCCC1(C(=O)c2ccc(C)c(C)c2OC)CCNCC1. The Kier molecular flexibility index (Phi) is 5.04. The topological polar surface area (TPSA) is 38.3 Å². The van der Waals surface area contributed by atoms with Gasteiger partial charge in [0.25, 0.3) is 0 Å². The lowest BCUT2D eigenvalue weighted by Gasteiger charge is -2.36. The lowest BCUT2D eigenvalue weighted by molar-refractivity contribution is 0.0701. The average molecular weight is 289 g/mol. The third kappa shape index (κ3) is 2.98. The number of ketones is 1. The van der Waals surface area contributed by atoms with Gasteiger partial charge in [-0.1, -0.05) is 19.4 Å². The Morgan fingerprint density at radius 2 is 1.95 bits per heavy atom. The fraction of sp³-hybridized carbons (Fsp3) is 0.611. The summed E-state index contributed by atoms with van der Waals surface area (Å²) in [6.07, 6.45) is 3.86. The third-order valence-electron chi connectivity index (χ3n) is 4.90. The maximum atomic E-state index is 13.2. The molecule has 1 aromatic rings. The molecule has 21 heavy (non-hydrogen) atoms. The molecule has 1 aliphatic heterocycles. The smallest absolute Gasteiger partial charge is 0.172 e. The van der Waals surface area contributed by atoms with Crippen molar-refractivity contribution < 1.29 is 9.53 Å². The number of benzene rings is 1. The van der Waals surface area contributed by atoms with Crippen LogP contribution in [0.5, 0.6) is 5.75 Å². The molecule has 1 heterocycles. The van der Waals surface area contributed by atoms with Crippen molar-refractivity contribution in [3.05, 3.63) is 28.8 Å². The van der Waals surface area contributed by atoms with Crippen molar-refractivity contribution in [3.8, 4) is 5.75 Å². The maximum absolute atomic E-state index is 13.2. The molecule has 0 radical (unpaired) electrons. The standard InChI is InChI=1S/C18H27NO2/c1-5-8-18(9-11-19-12-10-18)17(20)15-7-6-13(2)14(3)16(15)21-4/h6-7,19H,5,8-12H2,1-4H3. The van der Waals surface area contributed by atoms with Gasteiger partial charge in [0, 0.05) is 5.41 Å². The summed E-state index contributed by atoms with van der Waals surface area (Å²) >= 11 is 0. The van der Waals surface area contributed by atoms with Crippen LogP contribution >= 0.6 is 0 Å². The van der Waals surface area contributed by atoms with Crippen LogP contribution in [0.25, 0.3) is 0 Å². The van der Waals surface area contributed by atoms with E-state index in [1.807, 2.05) is 19.1 Å². The number of hydrogen-bond donors (Lipinski definition) is 1. The monoisotopic (exact) mass is 289 g/mol. The summed E-state index contributed by atoms with van der Waals surface area (Å²) in [4.78, 5) is 13.2. The summed E-state index contributed by atoms with van der Waals surface area (Å²) in [5.74, 6) is 1.03. The first kappa shape index (κ1) is 16.0. The number of aryl methyl sites for hydroxylation is 1. The minimum Gasteiger partial charge on any atom is -0.496 e. The second-order valence-electron chi connectivity index (χ2n) is 6.20. The van der Waals surface area contributed by atoms with Crippen molar-refractivity contribution in [1.29, 1.82) is 0 Å². The molecule has 0 bridgehead atoms. The summed E-state index contributed by atoms with van der Waals surface area (Å²) in [6, 6.07) is 3.98. The Bertz CT molecular complexity index is 511. The molecule has 0 saturated carbocycles. The van der Waals surface area contributed by atoms with E-state index in [4.69, 9.17) is 4.74 Å². The van der Waals surface area contributed by atoms with Gasteiger partial charge < -0.3 is 10.1 Å². The molecule has 2 rings (SSSR count). The zero-order chi connectivity index (χ0) is 15.5. The van der Waals surface area contributed by atoms with Crippen LogP contribution in [0, 0.1) is 19.3 Å². The summed E-state index contributed by atoms with van der Waals surface area (Å²) in [6.45, 7) is 8.10. The van der Waals surface area contributed by atoms with Crippen LogP contribution in [0.15, 0.2) is 12.1 Å². The van der Waals surface area contributed by atoms with Crippen LogP contribution in [0.3, 0.4) is 0 Å². The third-order valence-corrected chi connectivity index (χ3v) is 4.90. The second kappa shape index (κ2) is 6.61. The number of Topliss-reactive ketones (excluding diaryl/α,β-unsaturated/α-hetero) is 1. The van der Waals surface area contributed by atoms with E-state index in [1.165, 1.54) is 5.56 Å². The Balaban J connectivity index is 2.44. The van der Waals surface area contributed by atoms with Gasteiger partial charge in [-0.15, -0.1) is 0 Å². The minimum absolute atomic E-state index is 0.213. The Hall–Kier alpha value is -1.35. The molecule has 3 heteroatoms. The molecule has 1 N–H and O–H groups in total. The zero-order valence-electron chi connectivity index (χ0n) is 13.7. The van der Waals surface area contributed by atoms with Crippen molar-refractivity contribution in [3.63, 3.8) is 0 Å². The fourth-order valence-electron chi connectivity index (χ4n) is 3.49. The minimum atomic E-state index is -0.213. The number of carbonyl (C=O) groups excluding carboxylic acids is 1. The summed E-state index contributed by atoms with van der Waals surface area (Å²) < 4.78 is 5.56. The predicted molar refractivity (Wildman–Crippen MR) is 86.2 cm³/mol. The zero-order valence-corrected chi connectivity index (χ0v) is 13.7. The highest BCUT2D eigenvalue weighted by molar-refractivity contribution is 6.03. The van der Waals surface area contributed by atoms with Crippen LogP contribution in [0.2, 0.25) is 0 Å². The molecule has 1 saturated heterocycles. The molecule has 0 spiro atoms. The Labute approximate surface area is 128 Å². The molecule has 0 unspecified atom stereocenters. The largest absolute Gasteiger partial charge is 0.496 e. The molecule has 1 aliphatic rings. The van der Waals surface area contributed by atoms with Crippen LogP contribution < -0.4 is 10.1 Å². The number of nitrogens with one attached hydrogen (secondary N) is 1. The van der Waals surface area contributed by atoms with E-state index in [0.717, 1.165) is 55.6 Å². The highest BCUT2D eigenvalue weighted by atomic mass is 16.5. The molecular weight excluding hydrogens is 262 g/mol. The molecule has 0 atom stereocenters. The maximum Gasteiger partial charge on any atom is 0.172 e. The molecule has 1 fully saturated rings. The Morgan fingerprint density at radius 3 is 2.52 bits per heavy atom. The summed E-state index contributed by atoms with van der Waals surface area (Å²) in [5.41, 5.74) is 2.78. The van der Waals surface area contributed by atoms with Crippen LogP contribution in [-0.4, -0.2) is 26.0 Å². The number of methoxy groups -OCH3 is 1. The first-order chi connectivity index (χ1) is 10.1. The van der Waals surface area contributed by atoms with Gasteiger partial charge in [-0.3, -0.25) is 4.79 Å². The van der Waals surface area contributed by atoms with E-state index in [1.54, 1.807) is 7.11 Å². The van der Waals surface area contributed by atoms with Crippen LogP contribution in [0.4, 0.5) is 0 Å². The highest BCUT2D eigenvalue weighted by Crippen LogP contribution is 2.40. The molecule has 0 amide bonds. The van der Waals surface area contributed by atoms with Crippen molar-refractivity contribution in [2.24, 2.45) is 5.41 Å². The van der Waals surface area contributed by atoms with Gasteiger partial charge in [0.05, 0.1) is 12.7 Å². The van der Waals surface area contributed by atoms with E-state index in [0.29, 0.717) is 0 Å². The van der Waals surface area contributed by atoms with Crippen molar-refractivity contribution >= 4 is 5.78 Å². The van der Waals surface area contributed by atoms with Crippen molar-refractivity contribution in [2.75, 3.05) is 20.2 Å². The van der Waals surface area contributed by atoms with Gasteiger partial charge in [0.15, 0.2) is 5.78 Å². The van der Waals surface area contributed by atoms with Gasteiger partial charge >= 0.3 is 0 Å². The molecule has 0 aromatic heterocycles. The van der Waals surface area contributed by atoms with E-state index >= 15 is 0 Å². The number of piperidine rings is 1. The van der Waals surface area contributed by atoms with Gasteiger partial charge in [0.1, 0.15) is 5.75 Å². The number of ether oxygens (including phenoxy) is 1. The van der Waals surface area contributed by atoms with Crippen LogP contribution in [0.1, 0.15) is 54.1 Å². The molecular formula is C18H27NO2. The van der Waals surface area contributed by atoms with E-state index < -0.39 is 0 Å². The van der Waals surface area contributed by atoms with Crippen molar-refractivity contribution in [2.45, 2.75) is 46.5 Å². The Morgan fingerprint density at radius 1 is 1.29 bits per heavy atom. The fourth-order valence-corrected chi connectivity index (χ4v) is 3.49. The average Bonchev–Trinajstić information content (AvgIpc) is 2.50. The molecule has 0 aliphatic carbocycles. The van der Waals surface area contributed by atoms with Gasteiger partial charge in [0.2, 0.25) is 0 Å². The first-order valence-corrected chi connectivity index (χ1v) is 7.95. The molecule has 3 nitrogen and oxygen atoms in total. The second-order valence-corrected chi connectivity index (χ2v) is 6.20. The normalized spacial score (nSPS) is 17.5. The van der Waals surface area contributed by atoms with Crippen LogP contribution in [-0.2, 0) is 0 Å². The molecule has 116 valence electrons. The van der Waals surface area contributed by atoms with Crippen molar-refractivity contribution in [1.82, 2.24) is 5.32 Å². The number of carbonyl (C=O) groups is 1. The predicted octanol–water partition coefficient (Wildman–Crippen LogP) is 3.66. The van der Waals surface area contributed by atoms with Gasteiger partial charge in [-0.25, -0.2) is 0 Å². The summed E-state index contributed by atoms with van der Waals surface area (Å²) in [7, 11) is 1.66. The van der Waals surface area contributed by atoms with Gasteiger partial charge in [-0.05, 0) is 63.4 Å². The lowest BCUT2D eigenvalue weighted by atomic mass is 9.70. The quantitative estimate of drug-likeness (QED) is 0.841. The number of rotatable bonds is 5. The van der Waals surface area contributed by atoms with Gasteiger partial charge in [-0.2, -0.15) is 0 Å². The van der Waals surface area contributed by atoms with E-state index in [9.17, 15) is 4.79 Å². The summed E-state index contributed by atoms with van der Waals surface area (Å²) in [5, 5.41) is 3.37. The van der Waals surface area contributed by atoms with E-state index in [-0.39, 0.29) is 11.2 Å². The lowest BCUT2D eigenvalue weighted by Crippen LogP contribution is -2.42. The molecule has 1 aromatic carbocycles.